The van der Waals surface area contributed by atoms with Crippen molar-refractivity contribution in [3.05, 3.63) is 0 Å². The van der Waals surface area contributed by atoms with Gasteiger partial charge in [-0.25, -0.2) is 0 Å². The molecule has 2 nitrogen and oxygen atoms in total. The van der Waals surface area contributed by atoms with E-state index in [-0.39, 0.29) is 0 Å². The quantitative estimate of drug-likeness (QED) is 0.654. The van der Waals surface area contributed by atoms with Gasteiger partial charge in [0.2, 0.25) is 0 Å². The molecule has 76 valence electrons. The maximum absolute atomic E-state index is 8.90. The van der Waals surface area contributed by atoms with E-state index in [1.165, 1.54) is 25.7 Å². The Balaban J connectivity index is 1.66. The van der Waals surface area contributed by atoms with Gasteiger partial charge < -0.3 is 10.4 Å². The van der Waals surface area contributed by atoms with Crippen molar-refractivity contribution in [2.45, 2.75) is 45.1 Å². The predicted molar refractivity (Wildman–Crippen MR) is 53.6 cm³/mol. The van der Waals surface area contributed by atoms with Crippen LogP contribution in [-0.4, -0.2) is 24.3 Å². The minimum atomic E-state index is 0.361. The van der Waals surface area contributed by atoms with Crippen LogP contribution in [0.1, 0.15) is 39.0 Å². The largest absolute Gasteiger partial charge is 0.396 e. The summed E-state index contributed by atoms with van der Waals surface area (Å²) in [5, 5.41) is 12.5. The topological polar surface area (TPSA) is 32.3 Å². The van der Waals surface area contributed by atoms with Crippen LogP contribution in [0.15, 0.2) is 0 Å². The number of hydrogen-bond acceptors (Lipinski definition) is 2. The first-order valence-electron chi connectivity index (χ1n) is 5.60. The van der Waals surface area contributed by atoms with Gasteiger partial charge in [-0.05, 0) is 50.4 Å². The molecule has 0 aromatic heterocycles. The zero-order valence-corrected chi connectivity index (χ0v) is 8.55. The monoisotopic (exact) mass is 183 g/mol. The summed E-state index contributed by atoms with van der Waals surface area (Å²) < 4.78 is 0. The second-order valence-electron chi connectivity index (χ2n) is 4.98. The van der Waals surface area contributed by atoms with Gasteiger partial charge in [0.15, 0.2) is 0 Å². The Hall–Kier alpha value is -0.0800. The highest BCUT2D eigenvalue weighted by molar-refractivity contribution is 4.96. The lowest BCUT2D eigenvalue weighted by atomic mass is 10.0. The number of nitrogens with one attached hydrogen (secondary N) is 1. The van der Waals surface area contributed by atoms with Crippen LogP contribution in [0, 0.1) is 11.3 Å². The van der Waals surface area contributed by atoms with Gasteiger partial charge in [0.1, 0.15) is 0 Å². The Morgan fingerprint density at radius 2 is 2.15 bits per heavy atom. The van der Waals surface area contributed by atoms with Gasteiger partial charge >= 0.3 is 0 Å². The van der Waals surface area contributed by atoms with Crippen molar-refractivity contribution in [3.63, 3.8) is 0 Å². The highest BCUT2D eigenvalue weighted by Gasteiger charge is 2.42. The molecule has 0 amide bonds. The van der Waals surface area contributed by atoms with Crippen molar-refractivity contribution < 1.29 is 5.11 Å². The minimum absolute atomic E-state index is 0.361. The molecule has 2 saturated carbocycles. The number of aliphatic hydroxyl groups excluding tert-OH is 1. The zero-order valence-electron chi connectivity index (χ0n) is 8.55. The summed E-state index contributed by atoms with van der Waals surface area (Å²) in [7, 11) is 0. The van der Waals surface area contributed by atoms with Gasteiger partial charge in [-0.1, -0.05) is 0 Å². The average molecular weight is 183 g/mol. The summed E-state index contributed by atoms with van der Waals surface area (Å²) in [6.07, 6.45) is 6.47. The van der Waals surface area contributed by atoms with Crippen molar-refractivity contribution in [2.75, 3.05) is 13.2 Å². The lowest BCUT2D eigenvalue weighted by Gasteiger charge is -2.18. The molecule has 0 saturated heterocycles. The van der Waals surface area contributed by atoms with E-state index in [1.54, 1.807) is 0 Å². The van der Waals surface area contributed by atoms with E-state index < -0.39 is 0 Å². The standard InChI is InChI=1S/C11H21NO/c1-9(10-2-3-10)12-8-11(4-5-11)6-7-13/h9-10,12-13H,2-8H2,1H3. The summed E-state index contributed by atoms with van der Waals surface area (Å²) in [6, 6.07) is 0.705. The molecule has 0 spiro atoms. The molecule has 2 N–H and O–H groups in total. The van der Waals surface area contributed by atoms with Crippen molar-refractivity contribution in [1.82, 2.24) is 5.32 Å². The molecule has 2 rings (SSSR count). The molecule has 0 aliphatic heterocycles. The van der Waals surface area contributed by atoms with Crippen LogP contribution in [0.3, 0.4) is 0 Å². The Morgan fingerprint density at radius 1 is 1.46 bits per heavy atom. The highest BCUT2D eigenvalue weighted by Crippen LogP contribution is 2.48. The molecule has 0 heterocycles. The highest BCUT2D eigenvalue weighted by atomic mass is 16.3. The van der Waals surface area contributed by atoms with Crippen molar-refractivity contribution >= 4 is 0 Å². The van der Waals surface area contributed by atoms with Crippen molar-refractivity contribution in [1.29, 1.82) is 0 Å². The molecule has 0 aromatic rings. The van der Waals surface area contributed by atoms with Crippen LogP contribution in [0.5, 0.6) is 0 Å². The second kappa shape index (κ2) is 3.58. The summed E-state index contributed by atoms with van der Waals surface area (Å²) in [5.74, 6) is 0.949. The van der Waals surface area contributed by atoms with E-state index in [9.17, 15) is 0 Å². The number of rotatable bonds is 6. The van der Waals surface area contributed by atoms with Crippen LogP contribution >= 0.6 is 0 Å². The zero-order chi connectivity index (χ0) is 9.31. The van der Waals surface area contributed by atoms with Gasteiger partial charge in [-0.3, -0.25) is 0 Å². The lowest BCUT2D eigenvalue weighted by Crippen LogP contribution is -2.33. The van der Waals surface area contributed by atoms with Crippen LogP contribution in [0.4, 0.5) is 0 Å². The van der Waals surface area contributed by atoms with E-state index in [2.05, 4.69) is 12.2 Å². The SMILES string of the molecule is CC(NCC1(CCO)CC1)C1CC1. The van der Waals surface area contributed by atoms with E-state index >= 15 is 0 Å². The fourth-order valence-corrected chi connectivity index (χ4v) is 2.07. The molecule has 2 heteroatoms. The Morgan fingerprint density at radius 3 is 2.62 bits per heavy atom. The van der Waals surface area contributed by atoms with Crippen LogP contribution in [0.2, 0.25) is 0 Å². The van der Waals surface area contributed by atoms with E-state index in [4.69, 9.17) is 5.11 Å². The summed E-state index contributed by atoms with van der Waals surface area (Å²) in [6.45, 7) is 3.79. The van der Waals surface area contributed by atoms with Crippen LogP contribution < -0.4 is 5.32 Å². The van der Waals surface area contributed by atoms with Crippen LogP contribution in [0.25, 0.3) is 0 Å². The summed E-state index contributed by atoms with van der Waals surface area (Å²) in [4.78, 5) is 0. The molecule has 0 radical (unpaired) electrons. The van der Waals surface area contributed by atoms with Gasteiger partial charge in [-0.15, -0.1) is 0 Å². The molecule has 0 bridgehead atoms. The molecule has 0 aromatic carbocycles. The average Bonchev–Trinajstić information content (AvgIpc) is 2.97. The Kier molecular flexibility index (Phi) is 2.61. The fraction of sp³-hybridized carbons (Fsp3) is 1.00. The first kappa shape index (κ1) is 9.47. The molecule has 13 heavy (non-hydrogen) atoms. The maximum Gasteiger partial charge on any atom is 0.0436 e. The lowest BCUT2D eigenvalue weighted by molar-refractivity contribution is 0.241. The summed E-state index contributed by atoms with van der Waals surface area (Å²) >= 11 is 0. The summed E-state index contributed by atoms with van der Waals surface area (Å²) in [5.41, 5.74) is 0.484. The third-order valence-corrected chi connectivity index (χ3v) is 3.73. The van der Waals surface area contributed by atoms with Gasteiger partial charge in [0.05, 0.1) is 0 Å². The molecule has 2 aliphatic carbocycles. The minimum Gasteiger partial charge on any atom is -0.396 e. The first-order valence-corrected chi connectivity index (χ1v) is 5.60. The Labute approximate surface area is 80.7 Å². The van der Waals surface area contributed by atoms with E-state index in [0.717, 1.165) is 18.9 Å². The second-order valence-corrected chi connectivity index (χ2v) is 4.98. The normalized spacial score (nSPS) is 27.2. The molecule has 2 fully saturated rings. The van der Waals surface area contributed by atoms with Gasteiger partial charge in [0.25, 0.3) is 0 Å². The third kappa shape index (κ3) is 2.44. The maximum atomic E-state index is 8.90. The van der Waals surface area contributed by atoms with Crippen LogP contribution in [-0.2, 0) is 0 Å². The van der Waals surface area contributed by atoms with Crippen molar-refractivity contribution in [3.8, 4) is 0 Å². The first-order chi connectivity index (χ1) is 6.26. The Bertz CT molecular complexity index is 173. The van der Waals surface area contributed by atoms with Gasteiger partial charge in [-0.2, -0.15) is 0 Å². The molecule has 2 aliphatic rings. The number of hydrogen-bond donors (Lipinski definition) is 2. The fourth-order valence-electron chi connectivity index (χ4n) is 2.07. The number of aliphatic hydroxyl groups is 1. The molecule has 1 atom stereocenters. The molecular formula is C11H21NO. The molecule has 1 unspecified atom stereocenters. The van der Waals surface area contributed by atoms with Crippen molar-refractivity contribution in [2.24, 2.45) is 11.3 Å². The molecular weight excluding hydrogens is 162 g/mol. The van der Waals surface area contributed by atoms with Gasteiger partial charge in [0, 0.05) is 19.2 Å². The smallest absolute Gasteiger partial charge is 0.0436 e. The predicted octanol–water partition coefficient (Wildman–Crippen LogP) is 1.54. The van der Waals surface area contributed by atoms with E-state index in [1.807, 2.05) is 0 Å². The van der Waals surface area contributed by atoms with E-state index in [0.29, 0.717) is 18.1 Å². The third-order valence-electron chi connectivity index (χ3n) is 3.73.